The van der Waals surface area contributed by atoms with Gasteiger partial charge >= 0.3 is 0 Å². The number of nitrogens with zero attached hydrogens (tertiary/aromatic N) is 1. The Hall–Kier alpha value is -0.650. The van der Waals surface area contributed by atoms with Gasteiger partial charge in [0.2, 0.25) is 5.91 Å². The van der Waals surface area contributed by atoms with Crippen LogP contribution in [0.5, 0.6) is 0 Å². The number of nitrogens with two attached hydrogens (primary N) is 1. The van der Waals surface area contributed by atoms with E-state index in [2.05, 4.69) is 17.1 Å². The van der Waals surface area contributed by atoms with E-state index in [1.54, 1.807) is 0 Å². The molecule has 4 atom stereocenters. The number of hydrogen-bond donors (Lipinski definition) is 2. The lowest BCUT2D eigenvalue weighted by Crippen LogP contribution is -2.58. The molecule has 3 N–H and O–H groups in total. The molecule has 0 aromatic heterocycles. The van der Waals surface area contributed by atoms with Crippen molar-refractivity contribution in [2.24, 2.45) is 5.73 Å². The van der Waals surface area contributed by atoms with Gasteiger partial charge in [-0.25, -0.2) is 0 Å². The summed E-state index contributed by atoms with van der Waals surface area (Å²) in [5.74, 6) is -0.229. The monoisotopic (exact) mass is 281 g/mol. The Bertz CT molecular complexity index is 373. The van der Waals surface area contributed by atoms with E-state index < -0.39 is 5.54 Å². The van der Waals surface area contributed by atoms with Crippen LogP contribution >= 0.6 is 0 Å². The molecule has 5 heteroatoms. The summed E-state index contributed by atoms with van der Waals surface area (Å²) in [7, 11) is 0. The van der Waals surface area contributed by atoms with Crippen LogP contribution in [-0.4, -0.2) is 53.7 Å². The third-order valence-electron chi connectivity index (χ3n) is 5.04. The molecule has 0 aromatic carbocycles. The number of primary amides is 1. The quantitative estimate of drug-likeness (QED) is 0.749. The smallest absolute Gasteiger partial charge is 0.237 e. The first-order chi connectivity index (χ1) is 9.46. The average Bonchev–Trinajstić information content (AvgIpc) is 3.13. The second-order valence-electron chi connectivity index (χ2n) is 7.08. The highest BCUT2D eigenvalue weighted by molar-refractivity contribution is 5.84. The van der Waals surface area contributed by atoms with Crippen LogP contribution in [0.1, 0.15) is 46.0 Å². The molecule has 3 rings (SSSR count). The number of nitrogens with one attached hydrogen (secondary N) is 1. The van der Waals surface area contributed by atoms with Gasteiger partial charge in [0, 0.05) is 25.2 Å². The van der Waals surface area contributed by atoms with Crippen LogP contribution in [0.2, 0.25) is 0 Å². The summed E-state index contributed by atoms with van der Waals surface area (Å²) in [6.07, 6.45) is 6.26. The largest absolute Gasteiger partial charge is 0.372 e. The molecule has 3 aliphatic rings. The highest BCUT2D eigenvalue weighted by Crippen LogP contribution is 2.30. The van der Waals surface area contributed by atoms with E-state index in [4.69, 9.17) is 10.5 Å². The van der Waals surface area contributed by atoms with Gasteiger partial charge in [-0.3, -0.25) is 9.69 Å². The fourth-order valence-corrected chi connectivity index (χ4v) is 3.63. The minimum absolute atomic E-state index is 0.229. The summed E-state index contributed by atoms with van der Waals surface area (Å²) in [5.41, 5.74) is 5.06. The molecule has 1 aliphatic carbocycles. The van der Waals surface area contributed by atoms with Crippen molar-refractivity contribution in [1.82, 2.24) is 10.2 Å². The number of amides is 1. The van der Waals surface area contributed by atoms with Crippen LogP contribution in [0.25, 0.3) is 0 Å². The maximum absolute atomic E-state index is 11.9. The SMILES string of the molecule is CC(CC(C)(NC1CC1)C(N)=O)N1CC2CCC(C1)O2. The Morgan fingerprint density at radius 1 is 1.35 bits per heavy atom. The number of carbonyl (C=O) groups is 1. The van der Waals surface area contributed by atoms with Gasteiger partial charge < -0.3 is 15.8 Å². The van der Waals surface area contributed by atoms with Gasteiger partial charge in [0.1, 0.15) is 0 Å². The maximum Gasteiger partial charge on any atom is 0.237 e. The molecule has 5 nitrogen and oxygen atoms in total. The number of hydrogen-bond acceptors (Lipinski definition) is 4. The lowest BCUT2D eigenvalue weighted by Gasteiger charge is -2.40. The van der Waals surface area contributed by atoms with Gasteiger partial charge in [0.05, 0.1) is 17.7 Å². The summed E-state index contributed by atoms with van der Waals surface area (Å²) >= 11 is 0. The molecule has 2 heterocycles. The van der Waals surface area contributed by atoms with E-state index in [-0.39, 0.29) is 5.91 Å². The van der Waals surface area contributed by atoms with Crippen molar-refractivity contribution < 1.29 is 9.53 Å². The van der Waals surface area contributed by atoms with E-state index in [9.17, 15) is 4.79 Å². The lowest BCUT2D eigenvalue weighted by atomic mass is 9.91. The van der Waals surface area contributed by atoms with Crippen molar-refractivity contribution in [3.05, 3.63) is 0 Å². The summed E-state index contributed by atoms with van der Waals surface area (Å²) in [5, 5.41) is 3.44. The Morgan fingerprint density at radius 2 is 1.95 bits per heavy atom. The fourth-order valence-electron chi connectivity index (χ4n) is 3.63. The maximum atomic E-state index is 11.9. The number of fused-ring (bicyclic) bond motifs is 2. The molecule has 4 unspecified atom stereocenters. The summed E-state index contributed by atoms with van der Waals surface area (Å²) < 4.78 is 5.88. The summed E-state index contributed by atoms with van der Waals surface area (Å²) in [6, 6.07) is 0.839. The highest BCUT2D eigenvalue weighted by Gasteiger charge is 2.41. The van der Waals surface area contributed by atoms with Crippen molar-refractivity contribution in [2.45, 2.75) is 75.8 Å². The number of morpholine rings is 1. The molecule has 114 valence electrons. The van der Waals surface area contributed by atoms with Crippen LogP contribution in [-0.2, 0) is 9.53 Å². The first-order valence-electron chi connectivity index (χ1n) is 7.93. The van der Waals surface area contributed by atoms with E-state index in [1.165, 1.54) is 25.7 Å². The molecule has 2 bridgehead atoms. The van der Waals surface area contributed by atoms with Crippen LogP contribution in [0.15, 0.2) is 0 Å². The molecule has 0 aromatic rings. The van der Waals surface area contributed by atoms with Crippen LogP contribution in [0.4, 0.5) is 0 Å². The Kier molecular flexibility index (Phi) is 3.77. The number of likely N-dealkylation sites (tertiary alicyclic amines) is 1. The fraction of sp³-hybridized carbons (Fsp3) is 0.933. The van der Waals surface area contributed by atoms with E-state index in [0.717, 1.165) is 19.5 Å². The Morgan fingerprint density at radius 3 is 2.45 bits per heavy atom. The third kappa shape index (κ3) is 3.00. The number of carbonyl (C=O) groups excluding carboxylic acids is 1. The first kappa shape index (κ1) is 14.3. The van der Waals surface area contributed by atoms with Crippen LogP contribution < -0.4 is 11.1 Å². The molecule has 1 amide bonds. The zero-order valence-electron chi connectivity index (χ0n) is 12.6. The zero-order chi connectivity index (χ0) is 14.3. The van der Waals surface area contributed by atoms with Gasteiger partial charge in [0.15, 0.2) is 0 Å². The molecular formula is C15H27N3O2. The van der Waals surface area contributed by atoms with E-state index in [1.807, 2.05) is 6.92 Å². The minimum atomic E-state index is -0.585. The van der Waals surface area contributed by atoms with Crippen molar-refractivity contribution in [1.29, 1.82) is 0 Å². The predicted molar refractivity (Wildman–Crippen MR) is 77.3 cm³/mol. The van der Waals surface area contributed by atoms with Gasteiger partial charge in [-0.15, -0.1) is 0 Å². The van der Waals surface area contributed by atoms with Gasteiger partial charge in [-0.1, -0.05) is 0 Å². The minimum Gasteiger partial charge on any atom is -0.372 e. The van der Waals surface area contributed by atoms with Crippen LogP contribution in [0, 0.1) is 0 Å². The first-order valence-corrected chi connectivity index (χ1v) is 7.93. The Labute approximate surface area is 121 Å². The standard InChI is InChI=1S/C15H27N3O2/c1-10(18-8-12-5-6-13(9-18)20-12)7-15(2,14(16)19)17-11-3-4-11/h10-13,17H,3-9H2,1-2H3,(H2,16,19). The van der Waals surface area contributed by atoms with E-state index >= 15 is 0 Å². The number of ether oxygens (including phenoxy) is 1. The molecule has 0 spiro atoms. The van der Waals surface area contributed by atoms with Crippen molar-refractivity contribution in [3.8, 4) is 0 Å². The van der Waals surface area contributed by atoms with Crippen LogP contribution in [0.3, 0.4) is 0 Å². The molecular weight excluding hydrogens is 254 g/mol. The molecule has 2 saturated heterocycles. The average molecular weight is 281 g/mol. The summed E-state index contributed by atoms with van der Waals surface area (Å²) in [4.78, 5) is 14.3. The predicted octanol–water partition coefficient (Wildman–Crippen LogP) is 0.624. The zero-order valence-corrected chi connectivity index (χ0v) is 12.6. The second-order valence-corrected chi connectivity index (χ2v) is 7.08. The molecule has 0 radical (unpaired) electrons. The molecule has 20 heavy (non-hydrogen) atoms. The lowest BCUT2D eigenvalue weighted by molar-refractivity contribution is -0.125. The van der Waals surface area contributed by atoms with Crippen molar-refractivity contribution in [3.63, 3.8) is 0 Å². The van der Waals surface area contributed by atoms with Gasteiger partial charge in [-0.05, 0) is 46.0 Å². The van der Waals surface area contributed by atoms with Crippen molar-refractivity contribution >= 4 is 5.91 Å². The van der Waals surface area contributed by atoms with Gasteiger partial charge in [-0.2, -0.15) is 0 Å². The normalized spacial score (nSPS) is 34.7. The van der Waals surface area contributed by atoms with E-state index in [0.29, 0.717) is 24.3 Å². The summed E-state index contributed by atoms with van der Waals surface area (Å²) in [6.45, 7) is 6.16. The molecule has 1 saturated carbocycles. The Balaban J connectivity index is 1.60. The topological polar surface area (TPSA) is 67.6 Å². The number of rotatable bonds is 6. The highest BCUT2D eigenvalue weighted by atomic mass is 16.5. The molecule has 3 fully saturated rings. The second kappa shape index (κ2) is 5.28. The molecule has 2 aliphatic heterocycles. The van der Waals surface area contributed by atoms with Gasteiger partial charge in [0.25, 0.3) is 0 Å². The van der Waals surface area contributed by atoms with Crippen molar-refractivity contribution in [2.75, 3.05) is 13.1 Å². The third-order valence-corrected chi connectivity index (χ3v) is 5.04.